The smallest absolute Gasteiger partial charge is 0.0541 e. The Balaban J connectivity index is 1.68. The number of piperidine rings is 1. The molecule has 2 rings (SSSR count). The molecule has 1 aliphatic rings. The molecule has 3 heteroatoms. The fourth-order valence-corrected chi connectivity index (χ4v) is 2.43. The summed E-state index contributed by atoms with van der Waals surface area (Å²) in [5.41, 5.74) is 1.14. The minimum atomic E-state index is 0.671. The van der Waals surface area contributed by atoms with E-state index in [1.807, 2.05) is 18.3 Å². The molecule has 94 valence electrons. The Morgan fingerprint density at radius 3 is 2.82 bits per heavy atom. The molecule has 1 aromatic heterocycles. The minimum absolute atomic E-state index is 0.671. The summed E-state index contributed by atoms with van der Waals surface area (Å²) < 4.78 is 0. The third-order valence-corrected chi connectivity index (χ3v) is 3.43. The number of nitrogens with one attached hydrogen (secondary N) is 1. The molecule has 17 heavy (non-hydrogen) atoms. The summed E-state index contributed by atoms with van der Waals surface area (Å²) in [5.74, 6) is 0. The zero-order chi connectivity index (χ0) is 11.9. The first-order valence-electron chi connectivity index (χ1n) is 6.74. The van der Waals surface area contributed by atoms with E-state index < -0.39 is 0 Å². The topological polar surface area (TPSA) is 28.2 Å². The molecule has 1 fully saturated rings. The van der Waals surface area contributed by atoms with E-state index in [2.05, 4.69) is 28.2 Å². The van der Waals surface area contributed by atoms with Crippen molar-refractivity contribution in [1.29, 1.82) is 0 Å². The van der Waals surface area contributed by atoms with Crippen LogP contribution in [-0.4, -0.2) is 35.6 Å². The summed E-state index contributed by atoms with van der Waals surface area (Å²) in [6.07, 6.45) is 5.67. The highest BCUT2D eigenvalue weighted by atomic mass is 15.1. The number of hydrogen-bond donors (Lipinski definition) is 1. The molecule has 0 spiro atoms. The van der Waals surface area contributed by atoms with Gasteiger partial charge in [0.2, 0.25) is 0 Å². The molecule has 0 unspecified atom stereocenters. The highest BCUT2D eigenvalue weighted by Gasteiger charge is 2.17. The van der Waals surface area contributed by atoms with Gasteiger partial charge in [-0.1, -0.05) is 13.0 Å². The van der Waals surface area contributed by atoms with Gasteiger partial charge < -0.3 is 10.2 Å². The van der Waals surface area contributed by atoms with Crippen LogP contribution in [0, 0.1) is 0 Å². The molecule has 1 aliphatic heterocycles. The Kier molecular flexibility index (Phi) is 4.95. The normalized spacial score (nSPS) is 18.4. The van der Waals surface area contributed by atoms with Gasteiger partial charge in [0.25, 0.3) is 0 Å². The molecule has 2 heterocycles. The Bertz CT molecular complexity index is 305. The van der Waals surface area contributed by atoms with E-state index in [-0.39, 0.29) is 0 Å². The van der Waals surface area contributed by atoms with Crippen LogP contribution in [0.2, 0.25) is 0 Å². The first-order valence-corrected chi connectivity index (χ1v) is 6.74. The van der Waals surface area contributed by atoms with Crippen molar-refractivity contribution in [3.63, 3.8) is 0 Å². The van der Waals surface area contributed by atoms with Gasteiger partial charge in [-0.3, -0.25) is 4.98 Å². The van der Waals surface area contributed by atoms with Crippen molar-refractivity contribution in [3.8, 4) is 0 Å². The predicted molar refractivity (Wildman–Crippen MR) is 70.8 cm³/mol. The summed E-state index contributed by atoms with van der Waals surface area (Å²) in [5, 5.41) is 3.61. The lowest BCUT2D eigenvalue weighted by Crippen LogP contribution is -2.42. The van der Waals surface area contributed by atoms with Gasteiger partial charge in [-0.15, -0.1) is 0 Å². The van der Waals surface area contributed by atoms with Crippen LogP contribution in [0.1, 0.15) is 31.9 Å². The first-order chi connectivity index (χ1) is 8.38. The maximum atomic E-state index is 4.33. The molecule has 0 bridgehead atoms. The predicted octanol–water partition coefficient (Wildman–Crippen LogP) is 2.05. The molecular weight excluding hydrogens is 210 g/mol. The number of aromatic nitrogens is 1. The van der Waals surface area contributed by atoms with E-state index in [1.54, 1.807) is 0 Å². The standard InChI is InChI=1S/C14H23N3/c1-2-9-17-10-6-13(7-11-17)16-12-14-5-3-4-8-15-14/h3-5,8,13,16H,2,6-7,9-12H2,1H3. The Labute approximate surface area is 104 Å². The van der Waals surface area contributed by atoms with Crippen molar-refractivity contribution in [1.82, 2.24) is 15.2 Å². The number of pyridine rings is 1. The minimum Gasteiger partial charge on any atom is -0.308 e. The molecule has 3 nitrogen and oxygen atoms in total. The van der Waals surface area contributed by atoms with Gasteiger partial charge in [-0.25, -0.2) is 0 Å². The summed E-state index contributed by atoms with van der Waals surface area (Å²) in [7, 11) is 0. The van der Waals surface area contributed by atoms with Gasteiger partial charge in [-0.05, 0) is 51.0 Å². The van der Waals surface area contributed by atoms with Crippen LogP contribution in [0.3, 0.4) is 0 Å². The van der Waals surface area contributed by atoms with Gasteiger partial charge >= 0.3 is 0 Å². The van der Waals surface area contributed by atoms with E-state index >= 15 is 0 Å². The van der Waals surface area contributed by atoms with Crippen molar-refractivity contribution in [3.05, 3.63) is 30.1 Å². The van der Waals surface area contributed by atoms with Crippen LogP contribution in [0.15, 0.2) is 24.4 Å². The van der Waals surface area contributed by atoms with Gasteiger partial charge in [0.05, 0.1) is 5.69 Å². The van der Waals surface area contributed by atoms with Crippen molar-refractivity contribution in [2.45, 2.75) is 38.8 Å². The van der Waals surface area contributed by atoms with Crippen LogP contribution in [0.5, 0.6) is 0 Å². The lowest BCUT2D eigenvalue weighted by Gasteiger charge is -2.32. The van der Waals surface area contributed by atoms with Gasteiger partial charge in [0.15, 0.2) is 0 Å². The second-order valence-corrected chi connectivity index (χ2v) is 4.82. The van der Waals surface area contributed by atoms with Crippen LogP contribution < -0.4 is 5.32 Å². The van der Waals surface area contributed by atoms with Crippen LogP contribution in [0.4, 0.5) is 0 Å². The molecular formula is C14H23N3. The van der Waals surface area contributed by atoms with E-state index in [0.717, 1.165) is 12.2 Å². The number of rotatable bonds is 5. The average molecular weight is 233 g/mol. The fourth-order valence-electron chi connectivity index (χ4n) is 2.43. The lowest BCUT2D eigenvalue weighted by atomic mass is 10.0. The van der Waals surface area contributed by atoms with Crippen molar-refractivity contribution in [2.75, 3.05) is 19.6 Å². The largest absolute Gasteiger partial charge is 0.308 e. The molecule has 0 radical (unpaired) electrons. The van der Waals surface area contributed by atoms with E-state index in [0.29, 0.717) is 6.04 Å². The Hall–Kier alpha value is -0.930. The SMILES string of the molecule is CCCN1CCC(NCc2ccccn2)CC1. The Morgan fingerprint density at radius 2 is 2.18 bits per heavy atom. The van der Waals surface area contributed by atoms with E-state index in [1.165, 1.54) is 38.9 Å². The van der Waals surface area contributed by atoms with Gasteiger partial charge in [0.1, 0.15) is 0 Å². The van der Waals surface area contributed by atoms with E-state index in [9.17, 15) is 0 Å². The van der Waals surface area contributed by atoms with E-state index in [4.69, 9.17) is 0 Å². The number of nitrogens with zero attached hydrogens (tertiary/aromatic N) is 2. The highest BCUT2D eigenvalue weighted by Crippen LogP contribution is 2.11. The third-order valence-electron chi connectivity index (χ3n) is 3.43. The van der Waals surface area contributed by atoms with Crippen molar-refractivity contribution < 1.29 is 0 Å². The lowest BCUT2D eigenvalue weighted by molar-refractivity contribution is 0.197. The quantitative estimate of drug-likeness (QED) is 0.843. The van der Waals surface area contributed by atoms with Crippen molar-refractivity contribution >= 4 is 0 Å². The second-order valence-electron chi connectivity index (χ2n) is 4.82. The molecule has 0 aliphatic carbocycles. The highest BCUT2D eigenvalue weighted by molar-refractivity contribution is 5.03. The summed E-state index contributed by atoms with van der Waals surface area (Å²) >= 11 is 0. The fraction of sp³-hybridized carbons (Fsp3) is 0.643. The number of likely N-dealkylation sites (tertiary alicyclic amines) is 1. The first kappa shape index (κ1) is 12.5. The zero-order valence-corrected chi connectivity index (χ0v) is 10.7. The maximum Gasteiger partial charge on any atom is 0.0541 e. The number of hydrogen-bond acceptors (Lipinski definition) is 3. The van der Waals surface area contributed by atoms with Gasteiger partial charge in [0, 0.05) is 18.8 Å². The molecule has 0 aromatic carbocycles. The molecule has 0 amide bonds. The summed E-state index contributed by atoms with van der Waals surface area (Å²) in [6, 6.07) is 6.77. The molecule has 1 saturated heterocycles. The summed E-state index contributed by atoms with van der Waals surface area (Å²) in [4.78, 5) is 6.90. The maximum absolute atomic E-state index is 4.33. The molecule has 1 N–H and O–H groups in total. The Morgan fingerprint density at radius 1 is 1.35 bits per heavy atom. The second kappa shape index (κ2) is 6.72. The van der Waals surface area contributed by atoms with Crippen molar-refractivity contribution in [2.24, 2.45) is 0 Å². The molecule has 1 aromatic rings. The molecule has 0 atom stereocenters. The third kappa shape index (κ3) is 4.10. The van der Waals surface area contributed by atoms with Gasteiger partial charge in [-0.2, -0.15) is 0 Å². The molecule has 0 saturated carbocycles. The summed E-state index contributed by atoms with van der Waals surface area (Å²) in [6.45, 7) is 6.90. The van der Waals surface area contributed by atoms with Crippen LogP contribution in [-0.2, 0) is 6.54 Å². The van der Waals surface area contributed by atoms with Crippen LogP contribution in [0.25, 0.3) is 0 Å². The monoisotopic (exact) mass is 233 g/mol. The zero-order valence-electron chi connectivity index (χ0n) is 10.7. The van der Waals surface area contributed by atoms with Crippen LogP contribution >= 0.6 is 0 Å². The average Bonchev–Trinajstić information content (AvgIpc) is 2.40.